The Kier molecular flexibility index (Phi) is 5.66. The van der Waals surface area contributed by atoms with Gasteiger partial charge in [0.25, 0.3) is 0 Å². The van der Waals surface area contributed by atoms with E-state index in [1.54, 1.807) is 0 Å². The van der Waals surface area contributed by atoms with Gasteiger partial charge in [-0.05, 0) is 40.0 Å². The number of guanidine groups is 1. The van der Waals surface area contributed by atoms with Gasteiger partial charge in [0, 0.05) is 44.4 Å². The molecule has 0 aromatic heterocycles. The van der Waals surface area contributed by atoms with Crippen molar-refractivity contribution in [2.75, 3.05) is 32.9 Å². The number of nitrogens with zero attached hydrogens (tertiary/aromatic N) is 1. The van der Waals surface area contributed by atoms with Crippen LogP contribution >= 0.6 is 0 Å². The zero-order chi connectivity index (χ0) is 14.4. The Balaban J connectivity index is 2.01. The van der Waals surface area contributed by atoms with Gasteiger partial charge in [-0.2, -0.15) is 0 Å². The Labute approximate surface area is 122 Å². The average Bonchev–Trinajstić information content (AvgIpc) is 2.47. The van der Waals surface area contributed by atoms with Gasteiger partial charge in [-0.3, -0.25) is 4.99 Å². The van der Waals surface area contributed by atoms with E-state index in [-0.39, 0.29) is 5.41 Å². The van der Waals surface area contributed by atoms with Crippen LogP contribution in [-0.2, 0) is 9.47 Å². The summed E-state index contributed by atoms with van der Waals surface area (Å²) >= 11 is 0. The number of nitrogens with one attached hydrogen (secondary N) is 2. The first kappa shape index (κ1) is 15.6. The zero-order valence-electron chi connectivity index (χ0n) is 13.1. The molecule has 2 fully saturated rings. The molecule has 0 aromatic carbocycles. The van der Waals surface area contributed by atoms with E-state index < -0.39 is 0 Å². The van der Waals surface area contributed by atoms with E-state index >= 15 is 0 Å². The van der Waals surface area contributed by atoms with Gasteiger partial charge >= 0.3 is 0 Å². The quantitative estimate of drug-likeness (QED) is 0.593. The van der Waals surface area contributed by atoms with Crippen LogP contribution in [-0.4, -0.2) is 51.0 Å². The van der Waals surface area contributed by atoms with Gasteiger partial charge in [0.1, 0.15) is 0 Å². The molecule has 1 aliphatic heterocycles. The fourth-order valence-corrected chi connectivity index (χ4v) is 3.45. The number of aliphatic imine (C=N–C) groups is 1. The molecular formula is C15H29N3O2. The molecule has 0 amide bonds. The monoisotopic (exact) mass is 283 g/mol. The second-order valence-corrected chi connectivity index (χ2v) is 5.58. The first-order valence-electron chi connectivity index (χ1n) is 8.01. The Bertz CT molecular complexity index is 327. The number of ether oxygens (including phenoxy) is 2. The van der Waals surface area contributed by atoms with Crippen LogP contribution in [0.2, 0.25) is 0 Å². The standard InChI is InChI=1S/C15H29N3O2/c1-4-16-14(17-5-2)18-12-11-13(20-6-3)15(12)7-9-19-10-8-15/h12-13H,4-11H2,1-3H3,(H2,16,17,18). The SMILES string of the molecule is CCN=C(NCC)NC1CC(OCC)C12CCOCC2. The molecule has 0 radical (unpaired) electrons. The van der Waals surface area contributed by atoms with Crippen LogP contribution in [0, 0.1) is 5.41 Å². The minimum atomic E-state index is 0.234. The van der Waals surface area contributed by atoms with Crippen molar-refractivity contribution in [3.63, 3.8) is 0 Å². The summed E-state index contributed by atoms with van der Waals surface area (Å²) in [6.07, 6.45) is 3.61. The van der Waals surface area contributed by atoms with Crippen molar-refractivity contribution in [3.05, 3.63) is 0 Å². The van der Waals surface area contributed by atoms with Gasteiger partial charge in [0.15, 0.2) is 5.96 Å². The third-order valence-electron chi connectivity index (χ3n) is 4.55. The Morgan fingerprint density at radius 3 is 2.65 bits per heavy atom. The van der Waals surface area contributed by atoms with Gasteiger partial charge in [-0.25, -0.2) is 0 Å². The molecule has 1 heterocycles. The van der Waals surface area contributed by atoms with E-state index in [1.165, 1.54) is 0 Å². The Hall–Kier alpha value is -0.810. The van der Waals surface area contributed by atoms with Crippen LogP contribution in [0.1, 0.15) is 40.0 Å². The lowest BCUT2D eigenvalue weighted by Crippen LogP contribution is -2.67. The van der Waals surface area contributed by atoms with Crippen molar-refractivity contribution in [1.82, 2.24) is 10.6 Å². The maximum absolute atomic E-state index is 5.95. The van der Waals surface area contributed by atoms with Crippen LogP contribution < -0.4 is 10.6 Å². The van der Waals surface area contributed by atoms with Crippen molar-refractivity contribution in [3.8, 4) is 0 Å². The summed E-state index contributed by atoms with van der Waals surface area (Å²) in [7, 11) is 0. The molecule has 0 bridgehead atoms. The molecule has 5 nitrogen and oxygen atoms in total. The molecule has 1 saturated carbocycles. The van der Waals surface area contributed by atoms with Gasteiger partial charge in [0.05, 0.1) is 6.10 Å². The highest BCUT2D eigenvalue weighted by Gasteiger charge is 2.56. The van der Waals surface area contributed by atoms with Crippen molar-refractivity contribution < 1.29 is 9.47 Å². The lowest BCUT2D eigenvalue weighted by molar-refractivity contribution is -0.169. The maximum atomic E-state index is 5.95. The average molecular weight is 283 g/mol. The van der Waals surface area contributed by atoms with Crippen LogP contribution in [0.5, 0.6) is 0 Å². The molecule has 2 unspecified atom stereocenters. The number of hydrogen-bond acceptors (Lipinski definition) is 3. The highest BCUT2D eigenvalue weighted by Crippen LogP contribution is 2.50. The van der Waals surface area contributed by atoms with Crippen LogP contribution in [0.15, 0.2) is 4.99 Å². The number of hydrogen-bond donors (Lipinski definition) is 2. The predicted octanol–water partition coefficient (Wildman–Crippen LogP) is 1.54. The molecule has 5 heteroatoms. The summed E-state index contributed by atoms with van der Waals surface area (Å²) in [5.74, 6) is 0.931. The van der Waals surface area contributed by atoms with Gasteiger partial charge in [0.2, 0.25) is 0 Å². The molecular weight excluding hydrogens is 254 g/mol. The molecule has 0 aromatic rings. The second kappa shape index (κ2) is 7.27. The molecule has 2 atom stereocenters. The molecule has 2 aliphatic rings. The van der Waals surface area contributed by atoms with Crippen molar-refractivity contribution in [2.45, 2.75) is 52.2 Å². The van der Waals surface area contributed by atoms with E-state index in [4.69, 9.17) is 9.47 Å². The molecule has 1 spiro atoms. The van der Waals surface area contributed by atoms with E-state index in [1.807, 2.05) is 0 Å². The molecule has 116 valence electrons. The Morgan fingerprint density at radius 2 is 2.05 bits per heavy atom. The summed E-state index contributed by atoms with van der Waals surface area (Å²) in [6.45, 7) is 10.4. The summed E-state index contributed by atoms with van der Waals surface area (Å²) in [4.78, 5) is 4.51. The van der Waals surface area contributed by atoms with E-state index in [9.17, 15) is 0 Å². The van der Waals surface area contributed by atoms with Gasteiger partial charge in [-0.1, -0.05) is 0 Å². The number of rotatable bonds is 5. The molecule has 2 N–H and O–H groups in total. The molecule has 1 aliphatic carbocycles. The Morgan fingerprint density at radius 1 is 1.30 bits per heavy atom. The summed E-state index contributed by atoms with van der Waals surface area (Å²) < 4.78 is 11.5. The minimum Gasteiger partial charge on any atom is -0.381 e. The largest absolute Gasteiger partial charge is 0.381 e. The third kappa shape index (κ3) is 3.09. The fourth-order valence-electron chi connectivity index (χ4n) is 3.45. The lowest BCUT2D eigenvalue weighted by Gasteiger charge is -2.57. The van der Waals surface area contributed by atoms with Crippen LogP contribution in [0.25, 0.3) is 0 Å². The third-order valence-corrected chi connectivity index (χ3v) is 4.55. The molecule has 2 rings (SSSR count). The lowest BCUT2D eigenvalue weighted by atomic mass is 9.57. The first-order valence-corrected chi connectivity index (χ1v) is 8.01. The van der Waals surface area contributed by atoms with Crippen LogP contribution in [0.3, 0.4) is 0 Å². The van der Waals surface area contributed by atoms with Gasteiger partial charge < -0.3 is 20.1 Å². The van der Waals surface area contributed by atoms with E-state index in [0.29, 0.717) is 12.1 Å². The van der Waals surface area contributed by atoms with Crippen molar-refractivity contribution in [2.24, 2.45) is 10.4 Å². The van der Waals surface area contributed by atoms with Crippen LogP contribution in [0.4, 0.5) is 0 Å². The second-order valence-electron chi connectivity index (χ2n) is 5.58. The van der Waals surface area contributed by atoms with E-state index in [0.717, 1.165) is 58.1 Å². The molecule has 1 saturated heterocycles. The van der Waals surface area contributed by atoms with Gasteiger partial charge in [-0.15, -0.1) is 0 Å². The zero-order valence-corrected chi connectivity index (χ0v) is 13.1. The summed E-state index contributed by atoms with van der Waals surface area (Å²) in [6, 6.07) is 0.451. The van der Waals surface area contributed by atoms with Crippen molar-refractivity contribution >= 4 is 5.96 Å². The topological polar surface area (TPSA) is 54.9 Å². The first-order chi connectivity index (χ1) is 9.76. The molecule has 20 heavy (non-hydrogen) atoms. The maximum Gasteiger partial charge on any atom is 0.191 e. The minimum absolute atomic E-state index is 0.234. The fraction of sp³-hybridized carbons (Fsp3) is 0.933. The van der Waals surface area contributed by atoms with Crippen molar-refractivity contribution in [1.29, 1.82) is 0 Å². The highest BCUT2D eigenvalue weighted by atomic mass is 16.5. The highest BCUT2D eigenvalue weighted by molar-refractivity contribution is 5.80. The normalized spacial score (nSPS) is 29.1. The smallest absolute Gasteiger partial charge is 0.191 e. The predicted molar refractivity (Wildman–Crippen MR) is 81.1 cm³/mol. The summed E-state index contributed by atoms with van der Waals surface area (Å²) in [5.41, 5.74) is 0.234. The summed E-state index contributed by atoms with van der Waals surface area (Å²) in [5, 5.41) is 6.93. The van der Waals surface area contributed by atoms with E-state index in [2.05, 4.69) is 36.4 Å².